The van der Waals surface area contributed by atoms with Gasteiger partial charge in [-0.1, -0.05) is 12.1 Å². The summed E-state index contributed by atoms with van der Waals surface area (Å²) in [6, 6.07) is 6.37. The molecule has 7 heteroatoms. The van der Waals surface area contributed by atoms with Crippen LogP contribution in [-0.4, -0.2) is 63.0 Å². The van der Waals surface area contributed by atoms with Crippen molar-refractivity contribution in [2.45, 2.75) is 65.2 Å². The van der Waals surface area contributed by atoms with Crippen molar-refractivity contribution in [1.29, 1.82) is 0 Å². The number of hydrogen-bond donors (Lipinski definition) is 1. The molecule has 1 heterocycles. The van der Waals surface area contributed by atoms with Crippen molar-refractivity contribution >= 4 is 29.9 Å². The van der Waals surface area contributed by atoms with E-state index in [1.807, 2.05) is 7.05 Å². The Labute approximate surface area is 199 Å². The second-order valence-electron chi connectivity index (χ2n) is 8.63. The smallest absolute Gasteiger partial charge is 0.193 e. The molecule has 1 aliphatic heterocycles. The van der Waals surface area contributed by atoms with Crippen molar-refractivity contribution in [2.24, 2.45) is 4.99 Å². The zero-order valence-corrected chi connectivity index (χ0v) is 21.8. The molecule has 0 saturated carbocycles. The molecular formula is C23H40IN3O3. The molecule has 1 saturated heterocycles. The van der Waals surface area contributed by atoms with E-state index in [9.17, 15) is 0 Å². The highest BCUT2D eigenvalue weighted by atomic mass is 127. The van der Waals surface area contributed by atoms with Gasteiger partial charge in [0.2, 0.25) is 0 Å². The topological polar surface area (TPSA) is 55.3 Å². The van der Waals surface area contributed by atoms with Gasteiger partial charge in [0.05, 0.1) is 6.10 Å². The molecule has 1 aliphatic rings. The number of ether oxygens (including phenoxy) is 3. The lowest BCUT2D eigenvalue weighted by molar-refractivity contribution is 0.00989. The van der Waals surface area contributed by atoms with Crippen molar-refractivity contribution in [3.8, 4) is 5.75 Å². The second kappa shape index (κ2) is 13.4. The maximum Gasteiger partial charge on any atom is 0.193 e. The third-order valence-electron chi connectivity index (χ3n) is 4.88. The molecule has 172 valence electrons. The van der Waals surface area contributed by atoms with Crippen LogP contribution in [0.2, 0.25) is 0 Å². The van der Waals surface area contributed by atoms with Gasteiger partial charge in [0, 0.05) is 52.6 Å². The number of methoxy groups -OCH3 is 1. The quantitative estimate of drug-likeness (QED) is 0.233. The van der Waals surface area contributed by atoms with Gasteiger partial charge in [-0.2, -0.15) is 0 Å². The maximum absolute atomic E-state index is 6.18. The van der Waals surface area contributed by atoms with E-state index in [4.69, 9.17) is 14.2 Å². The van der Waals surface area contributed by atoms with E-state index < -0.39 is 0 Å². The summed E-state index contributed by atoms with van der Waals surface area (Å²) in [6.07, 6.45) is 3.34. The van der Waals surface area contributed by atoms with E-state index in [0.29, 0.717) is 12.6 Å². The highest BCUT2D eigenvalue weighted by Crippen LogP contribution is 2.25. The summed E-state index contributed by atoms with van der Waals surface area (Å²) in [5.74, 6) is 1.87. The number of nitrogens with zero attached hydrogens (tertiary/aromatic N) is 2. The van der Waals surface area contributed by atoms with Crippen LogP contribution in [0.5, 0.6) is 5.75 Å². The average Bonchev–Trinajstić information content (AvgIpc) is 2.67. The molecule has 1 aromatic rings. The van der Waals surface area contributed by atoms with Gasteiger partial charge in [-0.15, -0.1) is 24.0 Å². The number of rotatable bonds is 8. The van der Waals surface area contributed by atoms with E-state index >= 15 is 0 Å². The predicted octanol–water partition coefficient (Wildman–Crippen LogP) is 4.38. The largest absolute Gasteiger partial charge is 0.488 e. The lowest BCUT2D eigenvalue weighted by Crippen LogP contribution is -2.46. The third-order valence-corrected chi connectivity index (χ3v) is 4.88. The Morgan fingerprint density at radius 2 is 1.90 bits per heavy atom. The monoisotopic (exact) mass is 533 g/mol. The zero-order chi connectivity index (χ0) is 21.3. The first-order chi connectivity index (χ1) is 13.8. The fourth-order valence-corrected chi connectivity index (χ4v) is 3.43. The minimum Gasteiger partial charge on any atom is -0.488 e. The van der Waals surface area contributed by atoms with Crippen LogP contribution in [-0.2, 0) is 16.0 Å². The van der Waals surface area contributed by atoms with Crippen molar-refractivity contribution in [3.05, 3.63) is 29.3 Å². The molecule has 2 rings (SSSR count). The summed E-state index contributed by atoms with van der Waals surface area (Å²) in [4.78, 5) is 6.81. The van der Waals surface area contributed by atoms with Gasteiger partial charge in [-0.25, -0.2) is 0 Å². The fraction of sp³-hybridized carbons (Fsp3) is 0.696. The van der Waals surface area contributed by atoms with Crippen molar-refractivity contribution in [1.82, 2.24) is 10.2 Å². The van der Waals surface area contributed by atoms with Crippen molar-refractivity contribution in [2.75, 3.05) is 40.5 Å². The van der Waals surface area contributed by atoms with Crippen LogP contribution in [0.1, 0.15) is 51.2 Å². The van der Waals surface area contributed by atoms with Crippen LogP contribution >= 0.6 is 24.0 Å². The van der Waals surface area contributed by atoms with Gasteiger partial charge in [-0.3, -0.25) is 4.99 Å². The van der Waals surface area contributed by atoms with Crippen LogP contribution in [0.3, 0.4) is 0 Å². The molecule has 0 radical (unpaired) electrons. The summed E-state index contributed by atoms with van der Waals surface area (Å²) in [5.41, 5.74) is 2.11. The number of nitrogens with one attached hydrogen (secondary N) is 1. The maximum atomic E-state index is 6.18. The van der Waals surface area contributed by atoms with E-state index in [1.165, 1.54) is 5.56 Å². The van der Waals surface area contributed by atoms with Crippen molar-refractivity contribution in [3.63, 3.8) is 0 Å². The predicted molar refractivity (Wildman–Crippen MR) is 134 cm³/mol. The molecule has 30 heavy (non-hydrogen) atoms. The van der Waals surface area contributed by atoms with Gasteiger partial charge in [0.25, 0.3) is 0 Å². The lowest BCUT2D eigenvalue weighted by Gasteiger charge is -2.34. The molecule has 6 nitrogen and oxygen atoms in total. The van der Waals surface area contributed by atoms with Gasteiger partial charge >= 0.3 is 0 Å². The van der Waals surface area contributed by atoms with Crippen LogP contribution in [0, 0.1) is 6.92 Å². The van der Waals surface area contributed by atoms with Crippen LogP contribution in [0.25, 0.3) is 0 Å². The Kier molecular flexibility index (Phi) is 12.0. The highest BCUT2D eigenvalue weighted by molar-refractivity contribution is 14.0. The SMILES string of the molecule is CN=C(NCc1ccc(C)cc1OC(C)(C)C)N1CCC(OCCCOC)CC1.I. The van der Waals surface area contributed by atoms with Crippen molar-refractivity contribution < 1.29 is 14.2 Å². The first-order valence-corrected chi connectivity index (χ1v) is 10.7. The summed E-state index contributed by atoms with van der Waals surface area (Å²) in [7, 11) is 3.57. The minimum absolute atomic E-state index is 0. The number of hydrogen-bond acceptors (Lipinski definition) is 4. The molecule has 1 fully saturated rings. The summed E-state index contributed by atoms with van der Waals surface area (Å²) < 4.78 is 17.2. The molecule has 0 aliphatic carbocycles. The van der Waals surface area contributed by atoms with E-state index in [1.54, 1.807) is 7.11 Å². The molecule has 0 atom stereocenters. The van der Waals surface area contributed by atoms with Gasteiger partial charge < -0.3 is 24.4 Å². The molecule has 0 spiro atoms. The number of aryl methyl sites for hydroxylation is 1. The van der Waals surface area contributed by atoms with Crippen LogP contribution < -0.4 is 10.1 Å². The normalized spacial score (nSPS) is 15.7. The second-order valence-corrected chi connectivity index (χ2v) is 8.63. The number of likely N-dealkylation sites (tertiary alicyclic amines) is 1. The summed E-state index contributed by atoms with van der Waals surface area (Å²) in [5, 5.41) is 3.51. The fourth-order valence-electron chi connectivity index (χ4n) is 3.43. The van der Waals surface area contributed by atoms with Crippen LogP contribution in [0.4, 0.5) is 0 Å². The zero-order valence-electron chi connectivity index (χ0n) is 19.5. The Hall–Kier alpha value is -1.06. The molecule has 0 bridgehead atoms. The molecule has 0 unspecified atom stereocenters. The molecule has 1 N–H and O–H groups in total. The number of halogens is 1. The standard InChI is InChI=1S/C23H39N3O3.HI/c1-18-8-9-19(21(16-18)29-23(2,3)4)17-25-22(24-5)26-12-10-20(11-13-26)28-15-7-14-27-6;/h8-9,16,20H,7,10-15,17H2,1-6H3,(H,24,25);1H. The third kappa shape index (κ3) is 9.39. The first-order valence-electron chi connectivity index (χ1n) is 10.7. The number of aliphatic imine (C=N–C) groups is 1. The molecule has 0 aromatic heterocycles. The number of benzene rings is 1. The molecule has 1 aromatic carbocycles. The number of piperidine rings is 1. The summed E-state index contributed by atoms with van der Waals surface area (Å²) in [6.45, 7) is 12.4. The Bertz CT molecular complexity index is 654. The van der Waals surface area contributed by atoms with E-state index in [2.05, 4.69) is 61.1 Å². The van der Waals surface area contributed by atoms with Gasteiger partial charge in [0.15, 0.2) is 5.96 Å². The Morgan fingerprint density at radius 3 is 2.50 bits per heavy atom. The highest BCUT2D eigenvalue weighted by Gasteiger charge is 2.22. The first kappa shape index (κ1) is 27.0. The van der Waals surface area contributed by atoms with E-state index in [-0.39, 0.29) is 29.6 Å². The van der Waals surface area contributed by atoms with Gasteiger partial charge in [-0.05, 0) is 58.6 Å². The molecule has 0 amide bonds. The van der Waals surface area contributed by atoms with Crippen LogP contribution in [0.15, 0.2) is 23.2 Å². The Balaban J connectivity index is 0.00000450. The lowest BCUT2D eigenvalue weighted by atomic mass is 10.1. The summed E-state index contributed by atoms with van der Waals surface area (Å²) >= 11 is 0. The Morgan fingerprint density at radius 1 is 1.20 bits per heavy atom. The molecular weight excluding hydrogens is 493 g/mol. The minimum atomic E-state index is -0.227. The number of guanidine groups is 1. The van der Waals surface area contributed by atoms with Gasteiger partial charge in [0.1, 0.15) is 11.4 Å². The average molecular weight is 533 g/mol. The van der Waals surface area contributed by atoms with E-state index in [0.717, 1.165) is 62.8 Å².